The Labute approximate surface area is 336 Å². The van der Waals surface area contributed by atoms with Crippen LogP contribution in [-0.2, 0) is 28.6 Å². The number of rotatable bonds is 43. The summed E-state index contributed by atoms with van der Waals surface area (Å²) in [6.07, 6.45) is 42.4. The van der Waals surface area contributed by atoms with Crippen LogP contribution in [0.3, 0.4) is 0 Å². The zero-order valence-corrected chi connectivity index (χ0v) is 36.7. The van der Waals surface area contributed by atoms with Crippen LogP contribution in [0.25, 0.3) is 0 Å². The summed E-state index contributed by atoms with van der Waals surface area (Å²) in [4.78, 5) is 37.7. The lowest BCUT2D eigenvalue weighted by Crippen LogP contribution is -2.30. The molecule has 0 radical (unpaired) electrons. The highest BCUT2D eigenvalue weighted by Gasteiger charge is 2.19. The van der Waals surface area contributed by atoms with Crippen LogP contribution in [0.4, 0.5) is 0 Å². The van der Waals surface area contributed by atoms with Gasteiger partial charge in [-0.05, 0) is 25.2 Å². The van der Waals surface area contributed by atoms with Gasteiger partial charge in [0.15, 0.2) is 6.10 Å². The number of carbonyl (C=O) groups excluding carboxylic acids is 3. The van der Waals surface area contributed by atoms with Crippen molar-refractivity contribution < 1.29 is 28.6 Å². The normalized spacial score (nSPS) is 11.9. The molecule has 0 amide bonds. The van der Waals surface area contributed by atoms with E-state index in [1.165, 1.54) is 161 Å². The van der Waals surface area contributed by atoms with E-state index in [0.29, 0.717) is 19.3 Å². The van der Waals surface area contributed by atoms with E-state index in [1.807, 2.05) is 0 Å². The van der Waals surface area contributed by atoms with E-state index in [4.69, 9.17) is 14.2 Å². The van der Waals surface area contributed by atoms with Gasteiger partial charge in [0.05, 0.1) is 0 Å². The molecule has 54 heavy (non-hydrogen) atoms. The maximum atomic E-state index is 12.7. The Kier molecular flexibility index (Phi) is 41.3. The van der Waals surface area contributed by atoms with Gasteiger partial charge in [0.25, 0.3) is 0 Å². The molecule has 0 aromatic heterocycles. The molecular weight excluding hydrogens is 673 g/mol. The number of hydrogen-bond acceptors (Lipinski definition) is 6. The molecule has 0 aromatic rings. The average molecular weight is 765 g/mol. The van der Waals surface area contributed by atoms with Gasteiger partial charge in [0.2, 0.25) is 0 Å². The quantitative estimate of drug-likeness (QED) is 0.0349. The van der Waals surface area contributed by atoms with E-state index in [9.17, 15) is 14.4 Å². The van der Waals surface area contributed by atoms with Crippen molar-refractivity contribution in [1.29, 1.82) is 0 Å². The fourth-order valence-electron chi connectivity index (χ4n) is 7.16. The smallest absolute Gasteiger partial charge is 0.306 e. The summed E-state index contributed by atoms with van der Waals surface area (Å²) in [6, 6.07) is 0. The van der Waals surface area contributed by atoms with E-state index in [-0.39, 0.29) is 31.1 Å². The van der Waals surface area contributed by atoms with Gasteiger partial charge in [-0.3, -0.25) is 14.4 Å². The Balaban J connectivity index is 4.26. The third-order valence-electron chi connectivity index (χ3n) is 10.8. The highest BCUT2D eigenvalue weighted by Crippen LogP contribution is 2.16. The summed E-state index contributed by atoms with van der Waals surface area (Å²) >= 11 is 0. The van der Waals surface area contributed by atoms with E-state index in [2.05, 4.69) is 27.7 Å². The predicted octanol–water partition coefficient (Wildman–Crippen LogP) is 15.1. The summed E-state index contributed by atoms with van der Waals surface area (Å²) in [7, 11) is 0. The van der Waals surface area contributed by atoms with E-state index in [1.54, 1.807) is 0 Å². The molecule has 0 aliphatic rings. The summed E-state index contributed by atoms with van der Waals surface area (Å²) in [6.45, 7) is 8.96. The first-order valence-corrected chi connectivity index (χ1v) is 23.9. The third kappa shape index (κ3) is 41.6. The van der Waals surface area contributed by atoms with Crippen LogP contribution in [0.5, 0.6) is 0 Å². The van der Waals surface area contributed by atoms with Crippen LogP contribution in [-0.4, -0.2) is 37.2 Å². The topological polar surface area (TPSA) is 78.9 Å². The zero-order chi connectivity index (χ0) is 39.6. The summed E-state index contributed by atoms with van der Waals surface area (Å²) in [5, 5.41) is 0. The zero-order valence-electron chi connectivity index (χ0n) is 36.7. The van der Waals surface area contributed by atoms with E-state index >= 15 is 0 Å². The molecule has 0 spiro atoms. The third-order valence-corrected chi connectivity index (χ3v) is 10.8. The molecule has 0 fully saturated rings. The maximum Gasteiger partial charge on any atom is 0.306 e. The summed E-state index contributed by atoms with van der Waals surface area (Å²) < 4.78 is 16.7. The van der Waals surface area contributed by atoms with Crippen LogP contribution in [0.2, 0.25) is 0 Å². The molecule has 0 N–H and O–H groups in total. The molecule has 0 rings (SSSR count). The number of carbonyl (C=O) groups is 3. The van der Waals surface area contributed by atoms with Crippen molar-refractivity contribution in [2.75, 3.05) is 13.2 Å². The fraction of sp³-hybridized carbons (Fsp3) is 0.938. The molecule has 6 nitrogen and oxygen atoms in total. The van der Waals surface area contributed by atoms with Crippen LogP contribution in [0, 0.1) is 5.92 Å². The summed E-state index contributed by atoms with van der Waals surface area (Å²) in [5.74, 6) is -0.0617. The number of hydrogen-bond donors (Lipinski definition) is 0. The van der Waals surface area contributed by atoms with Gasteiger partial charge < -0.3 is 14.2 Å². The van der Waals surface area contributed by atoms with Gasteiger partial charge in [-0.2, -0.15) is 0 Å². The SMILES string of the molecule is CCCCCCCCCCCCCCCCCCC(=O)OC[C@H](COC(=O)CCCCCCCCCCC)OC(=O)CCCCCCCCCCC(C)C. The number of ether oxygens (including phenoxy) is 3. The van der Waals surface area contributed by atoms with Crippen LogP contribution >= 0.6 is 0 Å². The van der Waals surface area contributed by atoms with Gasteiger partial charge >= 0.3 is 17.9 Å². The second-order valence-corrected chi connectivity index (χ2v) is 16.9. The molecule has 0 bridgehead atoms. The van der Waals surface area contributed by atoms with E-state index < -0.39 is 6.10 Å². The molecule has 0 unspecified atom stereocenters. The second kappa shape index (κ2) is 42.6. The minimum absolute atomic E-state index is 0.0639. The lowest BCUT2D eigenvalue weighted by atomic mass is 10.0. The van der Waals surface area contributed by atoms with Crippen molar-refractivity contribution in [3.05, 3.63) is 0 Å². The highest BCUT2D eigenvalue weighted by atomic mass is 16.6. The largest absolute Gasteiger partial charge is 0.462 e. The molecule has 0 aliphatic heterocycles. The van der Waals surface area contributed by atoms with Gasteiger partial charge in [0.1, 0.15) is 13.2 Å². The Hall–Kier alpha value is -1.59. The summed E-state index contributed by atoms with van der Waals surface area (Å²) in [5.41, 5.74) is 0. The van der Waals surface area contributed by atoms with E-state index in [0.717, 1.165) is 63.7 Å². The van der Waals surface area contributed by atoms with Crippen molar-refractivity contribution in [2.24, 2.45) is 5.92 Å². The first kappa shape index (κ1) is 52.4. The molecule has 6 heteroatoms. The standard InChI is InChI=1S/C48H92O6/c1-5-7-9-11-13-15-16-17-18-19-20-21-23-28-32-36-40-47(50)53-43-45(42-52-46(49)39-35-31-27-22-14-12-10-8-6-2)54-48(51)41-37-33-29-25-24-26-30-34-38-44(3)4/h44-45H,5-43H2,1-4H3/t45-/m0/s1. The molecule has 1 atom stereocenters. The Morgan fingerprint density at radius 3 is 0.907 bits per heavy atom. The molecule has 320 valence electrons. The second-order valence-electron chi connectivity index (χ2n) is 16.9. The van der Waals surface area contributed by atoms with Crippen molar-refractivity contribution in [3.63, 3.8) is 0 Å². The highest BCUT2D eigenvalue weighted by molar-refractivity contribution is 5.71. The minimum Gasteiger partial charge on any atom is -0.462 e. The molecule has 0 saturated carbocycles. The van der Waals surface area contributed by atoms with Gasteiger partial charge in [-0.1, -0.05) is 227 Å². The lowest BCUT2D eigenvalue weighted by molar-refractivity contribution is -0.167. The van der Waals surface area contributed by atoms with Crippen molar-refractivity contribution in [1.82, 2.24) is 0 Å². The molecule has 0 saturated heterocycles. The molecule has 0 aliphatic carbocycles. The van der Waals surface area contributed by atoms with Gasteiger partial charge in [0, 0.05) is 19.3 Å². The first-order valence-electron chi connectivity index (χ1n) is 23.9. The van der Waals surface area contributed by atoms with Crippen LogP contribution < -0.4 is 0 Å². The number of esters is 3. The van der Waals surface area contributed by atoms with Crippen molar-refractivity contribution in [3.8, 4) is 0 Å². The van der Waals surface area contributed by atoms with Crippen molar-refractivity contribution >= 4 is 17.9 Å². The Morgan fingerprint density at radius 2 is 0.611 bits per heavy atom. The Morgan fingerprint density at radius 1 is 0.352 bits per heavy atom. The molecular formula is C48H92O6. The first-order chi connectivity index (χ1) is 26.4. The van der Waals surface area contributed by atoms with Crippen LogP contribution in [0.1, 0.15) is 265 Å². The van der Waals surface area contributed by atoms with Gasteiger partial charge in [-0.25, -0.2) is 0 Å². The number of unbranched alkanes of at least 4 members (excludes halogenated alkanes) is 30. The fourth-order valence-corrected chi connectivity index (χ4v) is 7.16. The van der Waals surface area contributed by atoms with Gasteiger partial charge in [-0.15, -0.1) is 0 Å². The molecule has 0 heterocycles. The maximum absolute atomic E-state index is 12.7. The predicted molar refractivity (Wildman–Crippen MR) is 229 cm³/mol. The Bertz CT molecular complexity index is 811. The lowest BCUT2D eigenvalue weighted by Gasteiger charge is -2.18. The monoisotopic (exact) mass is 765 g/mol. The minimum atomic E-state index is -0.759. The van der Waals surface area contributed by atoms with Crippen LogP contribution in [0.15, 0.2) is 0 Å². The molecule has 0 aromatic carbocycles. The van der Waals surface area contributed by atoms with Crippen molar-refractivity contribution in [2.45, 2.75) is 271 Å². The average Bonchev–Trinajstić information content (AvgIpc) is 3.15.